The van der Waals surface area contributed by atoms with Gasteiger partial charge in [0.15, 0.2) is 0 Å². The molecule has 3 nitrogen and oxygen atoms in total. The van der Waals surface area contributed by atoms with Gasteiger partial charge in [-0.05, 0) is 11.6 Å². The van der Waals surface area contributed by atoms with Gasteiger partial charge < -0.3 is 4.90 Å². The summed E-state index contributed by atoms with van der Waals surface area (Å²) >= 11 is 5.33. The Hall–Kier alpha value is -0.250. The fourth-order valence-corrected chi connectivity index (χ4v) is 1.46. The van der Waals surface area contributed by atoms with Crippen LogP contribution in [0.5, 0.6) is 0 Å². The molecule has 0 aliphatic carbocycles. The molecule has 0 atom stereocenters. The summed E-state index contributed by atoms with van der Waals surface area (Å²) in [6, 6.07) is 0. The molecule has 13 heavy (non-hydrogen) atoms. The van der Waals surface area contributed by atoms with Crippen LogP contribution < -0.4 is 0 Å². The van der Waals surface area contributed by atoms with Crippen molar-refractivity contribution < 1.29 is 4.79 Å². The maximum atomic E-state index is 10.7. The molecule has 0 unspecified atom stereocenters. The third-order valence-corrected chi connectivity index (χ3v) is 2.25. The van der Waals surface area contributed by atoms with E-state index in [9.17, 15) is 4.79 Å². The molecule has 0 aromatic carbocycles. The molecule has 0 aromatic rings. The zero-order chi connectivity index (χ0) is 8.97. The standard InChI is InChI=1S/C8H13ClN2O.ClH/c1-2-3-10-4-6-11(7-5-10)8(9)12;/h2H,1,3-7H2;1H. The topological polar surface area (TPSA) is 23.6 Å². The number of nitrogens with zero attached hydrogens (tertiary/aromatic N) is 2. The van der Waals surface area contributed by atoms with Gasteiger partial charge in [-0.3, -0.25) is 9.69 Å². The van der Waals surface area contributed by atoms with Crippen LogP contribution in [0.2, 0.25) is 0 Å². The molecule has 1 saturated heterocycles. The Morgan fingerprint density at radius 3 is 2.31 bits per heavy atom. The molecule has 5 heteroatoms. The second-order valence-electron chi connectivity index (χ2n) is 2.83. The number of carbonyl (C=O) groups is 1. The Bertz CT molecular complexity index is 179. The third-order valence-electron chi connectivity index (χ3n) is 2.01. The van der Waals surface area contributed by atoms with Crippen molar-refractivity contribution in [2.45, 2.75) is 0 Å². The van der Waals surface area contributed by atoms with Crippen molar-refractivity contribution in [3.8, 4) is 0 Å². The van der Waals surface area contributed by atoms with Crippen LogP contribution in [-0.4, -0.2) is 47.9 Å². The molecule has 0 radical (unpaired) electrons. The summed E-state index contributed by atoms with van der Waals surface area (Å²) in [5.41, 5.74) is 0. The van der Waals surface area contributed by atoms with Crippen LogP contribution in [0.15, 0.2) is 12.7 Å². The molecule has 0 saturated carbocycles. The smallest absolute Gasteiger partial charge is 0.316 e. The largest absolute Gasteiger partial charge is 0.327 e. The number of carbonyl (C=O) groups excluding carboxylic acids is 1. The molecule has 0 bridgehead atoms. The Balaban J connectivity index is 0.00000144. The summed E-state index contributed by atoms with van der Waals surface area (Å²) in [4.78, 5) is 14.6. The molecule has 1 amide bonds. The van der Waals surface area contributed by atoms with Crippen molar-refractivity contribution in [3.63, 3.8) is 0 Å². The first kappa shape index (κ1) is 12.8. The monoisotopic (exact) mass is 224 g/mol. The number of hydrogen-bond donors (Lipinski definition) is 0. The SMILES string of the molecule is C=CCN1CCN(C(=O)Cl)CC1.Cl. The quantitative estimate of drug-likeness (QED) is 0.404. The van der Waals surface area contributed by atoms with E-state index in [4.69, 9.17) is 11.6 Å². The number of halogens is 2. The third kappa shape index (κ3) is 3.98. The van der Waals surface area contributed by atoms with Gasteiger partial charge in [0.25, 0.3) is 0 Å². The fourth-order valence-electron chi connectivity index (χ4n) is 1.29. The predicted octanol–water partition coefficient (Wildman–Crippen LogP) is 1.57. The number of rotatable bonds is 2. The number of amides is 1. The van der Waals surface area contributed by atoms with Gasteiger partial charge >= 0.3 is 5.37 Å². The summed E-state index contributed by atoms with van der Waals surface area (Å²) in [6.45, 7) is 7.81. The molecule has 0 spiro atoms. The van der Waals surface area contributed by atoms with E-state index in [0.717, 1.165) is 32.7 Å². The van der Waals surface area contributed by atoms with E-state index < -0.39 is 0 Å². The molecule has 1 aliphatic heterocycles. The van der Waals surface area contributed by atoms with Crippen LogP contribution >= 0.6 is 24.0 Å². The zero-order valence-corrected chi connectivity index (χ0v) is 8.98. The maximum absolute atomic E-state index is 10.7. The Kier molecular flexibility index (Phi) is 6.12. The van der Waals surface area contributed by atoms with E-state index in [2.05, 4.69) is 11.5 Å². The normalized spacial score (nSPS) is 17.8. The predicted molar refractivity (Wildman–Crippen MR) is 56.7 cm³/mol. The lowest BCUT2D eigenvalue weighted by Gasteiger charge is -2.32. The lowest BCUT2D eigenvalue weighted by atomic mass is 10.3. The molecule has 0 N–H and O–H groups in total. The molecule has 76 valence electrons. The van der Waals surface area contributed by atoms with Gasteiger partial charge in [0.1, 0.15) is 0 Å². The number of hydrogen-bond acceptors (Lipinski definition) is 2. The van der Waals surface area contributed by atoms with Gasteiger partial charge in [-0.25, -0.2) is 0 Å². The van der Waals surface area contributed by atoms with Crippen LogP contribution in [0.25, 0.3) is 0 Å². The first-order chi connectivity index (χ1) is 5.74. The van der Waals surface area contributed by atoms with E-state index in [1.54, 1.807) is 4.90 Å². The summed E-state index contributed by atoms with van der Waals surface area (Å²) < 4.78 is 0. The Morgan fingerprint density at radius 2 is 1.92 bits per heavy atom. The lowest BCUT2D eigenvalue weighted by molar-refractivity contribution is 0.162. The van der Waals surface area contributed by atoms with Crippen molar-refractivity contribution in [2.75, 3.05) is 32.7 Å². The average Bonchev–Trinajstić information content (AvgIpc) is 2.06. The second kappa shape index (κ2) is 6.24. The first-order valence-corrected chi connectivity index (χ1v) is 4.39. The fraction of sp³-hybridized carbons (Fsp3) is 0.625. The van der Waals surface area contributed by atoms with Gasteiger partial charge in [0.05, 0.1) is 0 Å². The molecule has 0 aromatic heterocycles. The Labute approximate surface area is 89.7 Å². The summed E-state index contributed by atoms with van der Waals surface area (Å²) in [7, 11) is 0. The van der Waals surface area contributed by atoms with E-state index in [0.29, 0.717) is 0 Å². The molecular weight excluding hydrogens is 211 g/mol. The van der Waals surface area contributed by atoms with Crippen LogP contribution in [-0.2, 0) is 0 Å². The first-order valence-electron chi connectivity index (χ1n) is 4.01. The van der Waals surface area contributed by atoms with Crippen LogP contribution in [0, 0.1) is 0 Å². The van der Waals surface area contributed by atoms with Gasteiger partial charge in [-0.2, -0.15) is 0 Å². The van der Waals surface area contributed by atoms with Gasteiger partial charge in [0, 0.05) is 32.7 Å². The van der Waals surface area contributed by atoms with E-state index >= 15 is 0 Å². The Morgan fingerprint density at radius 1 is 1.38 bits per heavy atom. The minimum absolute atomic E-state index is 0. The highest BCUT2D eigenvalue weighted by Crippen LogP contribution is 2.04. The van der Waals surface area contributed by atoms with Crippen molar-refractivity contribution in [3.05, 3.63) is 12.7 Å². The molecule has 1 aliphatic rings. The van der Waals surface area contributed by atoms with Crippen LogP contribution in [0.3, 0.4) is 0 Å². The highest BCUT2D eigenvalue weighted by atomic mass is 35.5. The minimum Gasteiger partial charge on any atom is -0.327 e. The van der Waals surface area contributed by atoms with E-state index in [1.165, 1.54) is 0 Å². The van der Waals surface area contributed by atoms with Crippen molar-refractivity contribution >= 4 is 29.4 Å². The zero-order valence-electron chi connectivity index (χ0n) is 7.41. The second-order valence-corrected chi connectivity index (χ2v) is 3.15. The molecule has 1 fully saturated rings. The average molecular weight is 225 g/mol. The molecular formula is C8H14Cl2N2O. The molecule has 1 rings (SSSR count). The maximum Gasteiger partial charge on any atom is 0.316 e. The van der Waals surface area contributed by atoms with E-state index in [-0.39, 0.29) is 17.8 Å². The molecule has 1 heterocycles. The van der Waals surface area contributed by atoms with Crippen molar-refractivity contribution in [2.24, 2.45) is 0 Å². The van der Waals surface area contributed by atoms with Crippen molar-refractivity contribution in [1.82, 2.24) is 9.80 Å². The highest BCUT2D eigenvalue weighted by Gasteiger charge is 2.18. The van der Waals surface area contributed by atoms with Crippen LogP contribution in [0.4, 0.5) is 4.79 Å². The summed E-state index contributed by atoms with van der Waals surface area (Å²) in [5, 5.41) is -0.340. The van der Waals surface area contributed by atoms with Gasteiger partial charge in [0.2, 0.25) is 0 Å². The van der Waals surface area contributed by atoms with Crippen LogP contribution in [0.1, 0.15) is 0 Å². The highest BCUT2D eigenvalue weighted by molar-refractivity contribution is 6.62. The lowest BCUT2D eigenvalue weighted by Crippen LogP contribution is -2.47. The van der Waals surface area contributed by atoms with Crippen molar-refractivity contribution in [1.29, 1.82) is 0 Å². The minimum atomic E-state index is -0.340. The van der Waals surface area contributed by atoms with Gasteiger partial charge in [-0.1, -0.05) is 6.08 Å². The summed E-state index contributed by atoms with van der Waals surface area (Å²) in [6.07, 6.45) is 1.87. The number of piperazine rings is 1. The van der Waals surface area contributed by atoms with Gasteiger partial charge in [-0.15, -0.1) is 19.0 Å². The van der Waals surface area contributed by atoms with E-state index in [1.807, 2.05) is 6.08 Å². The summed E-state index contributed by atoms with van der Waals surface area (Å²) in [5.74, 6) is 0.